The Labute approximate surface area is 121 Å². The molecular weight excluding hydrogens is 368 g/mol. The Bertz CT molecular complexity index is 477. The van der Waals surface area contributed by atoms with Gasteiger partial charge >= 0.3 is 5.97 Å². The van der Waals surface area contributed by atoms with Crippen molar-refractivity contribution >= 4 is 43.7 Å². The summed E-state index contributed by atoms with van der Waals surface area (Å²) in [7, 11) is 0. The van der Waals surface area contributed by atoms with E-state index in [9.17, 15) is 9.59 Å². The van der Waals surface area contributed by atoms with Crippen LogP contribution in [0.15, 0.2) is 21.2 Å². The van der Waals surface area contributed by atoms with Gasteiger partial charge < -0.3 is 10.4 Å². The number of hydrogen-bond donors (Lipinski definition) is 2. The summed E-state index contributed by atoms with van der Waals surface area (Å²) in [5.41, 5.74) is 0.158. The molecule has 0 bridgehead atoms. The molecule has 7 heteroatoms. The minimum Gasteiger partial charge on any atom is -0.480 e. The van der Waals surface area contributed by atoms with Crippen LogP contribution in [0.1, 0.15) is 24.3 Å². The van der Waals surface area contributed by atoms with Gasteiger partial charge in [-0.2, -0.15) is 0 Å². The molecule has 0 unspecified atom stereocenters. The zero-order chi connectivity index (χ0) is 13.9. The highest BCUT2D eigenvalue weighted by atomic mass is 79.9. The summed E-state index contributed by atoms with van der Waals surface area (Å²) in [6.45, 7) is 3.45. The van der Waals surface area contributed by atoms with Gasteiger partial charge in [0.2, 0.25) is 0 Å². The van der Waals surface area contributed by atoms with Gasteiger partial charge in [-0.05, 0) is 43.8 Å². The van der Waals surface area contributed by atoms with Crippen LogP contribution in [-0.4, -0.2) is 28.0 Å². The Hall–Kier alpha value is -0.950. The Kier molecular flexibility index (Phi) is 5.28. The highest BCUT2D eigenvalue weighted by molar-refractivity contribution is 9.11. The molecule has 0 spiro atoms. The van der Waals surface area contributed by atoms with E-state index in [1.54, 1.807) is 19.9 Å². The second-order valence-corrected chi connectivity index (χ2v) is 5.79. The number of carbonyl (C=O) groups is 2. The molecule has 0 aliphatic carbocycles. The number of amides is 1. The van der Waals surface area contributed by atoms with Crippen LogP contribution in [0.2, 0.25) is 0 Å². The van der Waals surface area contributed by atoms with E-state index in [0.717, 1.165) is 4.47 Å². The van der Waals surface area contributed by atoms with Gasteiger partial charge in [0.05, 0.1) is 4.47 Å². The minimum atomic E-state index is -1.06. The molecule has 0 aliphatic rings. The molecule has 0 fully saturated rings. The molecule has 1 atom stereocenters. The fourth-order valence-corrected chi connectivity index (χ4v) is 2.47. The average molecular weight is 380 g/mol. The predicted molar refractivity (Wildman–Crippen MR) is 73.4 cm³/mol. The van der Waals surface area contributed by atoms with Gasteiger partial charge in [-0.3, -0.25) is 4.79 Å². The normalized spacial score (nSPS) is 12.3. The molecule has 0 radical (unpaired) electrons. The lowest BCUT2D eigenvalue weighted by Gasteiger charge is -2.17. The molecule has 98 valence electrons. The number of hydrogen-bond acceptors (Lipinski definition) is 3. The van der Waals surface area contributed by atoms with Crippen molar-refractivity contribution < 1.29 is 14.7 Å². The van der Waals surface area contributed by atoms with Gasteiger partial charge in [-0.1, -0.05) is 13.8 Å². The summed E-state index contributed by atoms with van der Waals surface area (Å²) in [6.07, 6.45) is 1.48. The third kappa shape index (κ3) is 3.78. The number of pyridine rings is 1. The summed E-state index contributed by atoms with van der Waals surface area (Å²) in [4.78, 5) is 26.9. The molecule has 1 heterocycles. The maximum Gasteiger partial charge on any atom is 0.326 e. The van der Waals surface area contributed by atoms with Crippen LogP contribution < -0.4 is 5.32 Å². The highest BCUT2D eigenvalue weighted by Crippen LogP contribution is 2.19. The van der Waals surface area contributed by atoms with Crippen molar-refractivity contribution in [2.24, 2.45) is 5.92 Å². The van der Waals surface area contributed by atoms with Gasteiger partial charge in [0.1, 0.15) is 11.7 Å². The van der Waals surface area contributed by atoms with Gasteiger partial charge in [0, 0.05) is 10.7 Å². The third-order valence-electron chi connectivity index (χ3n) is 2.24. The molecule has 0 saturated carbocycles. The third-order valence-corrected chi connectivity index (χ3v) is 3.28. The summed E-state index contributed by atoms with van der Waals surface area (Å²) in [5.74, 6) is -1.79. The minimum absolute atomic E-state index is 0.158. The zero-order valence-electron chi connectivity index (χ0n) is 9.78. The number of rotatable bonds is 4. The number of halogens is 2. The number of carbonyl (C=O) groups excluding carboxylic acids is 1. The van der Waals surface area contributed by atoms with E-state index in [1.165, 1.54) is 6.20 Å². The molecule has 1 aromatic rings. The fourth-order valence-electron chi connectivity index (χ4n) is 1.30. The van der Waals surface area contributed by atoms with Crippen LogP contribution in [0.3, 0.4) is 0 Å². The van der Waals surface area contributed by atoms with Gasteiger partial charge in [-0.15, -0.1) is 0 Å². The molecule has 0 saturated heterocycles. The van der Waals surface area contributed by atoms with Crippen molar-refractivity contribution in [1.29, 1.82) is 0 Å². The van der Waals surface area contributed by atoms with Crippen molar-refractivity contribution in [3.8, 4) is 0 Å². The standard InChI is InChI=1S/C11H12Br2N2O3/c1-5(2)8(11(17)18)15-10(16)9-7(13)3-6(12)4-14-9/h3-5,8H,1-2H3,(H,15,16)(H,17,18)/t8-/m1/s1. The van der Waals surface area contributed by atoms with E-state index in [0.29, 0.717) is 4.47 Å². The van der Waals surface area contributed by atoms with Gasteiger partial charge in [0.15, 0.2) is 0 Å². The Morgan fingerprint density at radius 3 is 2.44 bits per heavy atom. The second kappa shape index (κ2) is 6.29. The predicted octanol–water partition coefficient (Wildman–Crippen LogP) is 2.45. The number of carboxylic acid groups (broad SMARTS) is 1. The Morgan fingerprint density at radius 1 is 1.39 bits per heavy atom. The van der Waals surface area contributed by atoms with Crippen LogP contribution in [0.5, 0.6) is 0 Å². The van der Waals surface area contributed by atoms with Crippen molar-refractivity contribution in [2.75, 3.05) is 0 Å². The molecule has 1 rings (SSSR count). The lowest BCUT2D eigenvalue weighted by molar-refractivity contribution is -0.140. The van der Waals surface area contributed by atoms with E-state index in [2.05, 4.69) is 42.2 Å². The molecule has 5 nitrogen and oxygen atoms in total. The number of nitrogens with one attached hydrogen (secondary N) is 1. The van der Waals surface area contributed by atoms with Crippen LogP contribution in [-0.2, 0) is 4.79 Å². The van der Waals surface area contributed by atoms with Crippen molar-refractivity contribution in [2.45, 2.75) is 19.9 Å². The van der Waals surface area contributed by atoms with Crippen molar-refractivity contribution in [3.05, 3.63) is 26.9 Å². The van der Waals surface area contributed by atoms with Gasteiger partial charge in [-0.25, -0.2) is 9.78 Å². The SMILES string of the molecule is CC(C)[C@@H](NC(=O)c1ncc(Br)cc1Br)C(=O)O. The molecule has 1 amide bonds. The first-order chi connectivity index (χ1) is 8.32. The lowest BCUT2D eigenvalue weighted by Crippen LogP contribution is -2.44. The maximum absolute atomic E-state index is 11.9. The van der Waals surface area contributed by atoms with E-state index in [1.807, 2.05) is 0 Å². The monoisotopic (exact) mass is 378 g/mol. The molecule has 0 aliphatic heterocycles. The van der Waals surface area contributed by atoms with Crippen LogP contribution in [0.4, 0.5) is 0 Å². The number of aromatic nitrogens is 1. The summed E-state index contributed by atoms with van der Waals surface area (Å²) in [6, 6.07) is 0.738. The Balaban J connectivity index is 2.91. The number of nitrogens with zero attached hydrogens (tertiary/aromatic N) is 1. The van der Waals surface area contributed by atoms with Crippen molar-refractivity contribution in [1.82, 2.24) is 10.3 Å². The van der Waals surface area contributed by atoms with Crippen LogP contribution in [0, 0.1) is 5.92 Å². The van der Waals surface area contributed by atoms with Gasteiger partial charge in [0.25, 0.3) is 5.91 Å². The first kappa shape index (κ1) is 15.1. The van der Waals surface area contributed by atoms with E-state index in [-0.39, 0.29) is 11.6 Å². The van der Waals surface area contributed by atoms with E-state index >= 15 is 0 Å². The van der Waals surface area contributed by atoms with Crippen molar-refractivity contribution in [3.63, 3.8) is 0 Å². The zero-order valence-corrected chi connectivity index (χ0v) is 12.9. The van der Waals surface area contributed by atoms with E-state index < -0.39 is 17.9 Å². The number of carboxylic acids is 1. The average Bonchev–Trinajstić information content (AvgIpc) is 2.24. The first-order valence-electron chi connectivity index (χ1n) is 5.17. The maximum atomic E-state index is 11.9. The smallest absolute Gasteiger partial charge is 0.326 e. The molecule has 18 heavy (non-hydrogen) atoms. The first-order valence-corrected chi connectivity index (χ1v) is 6.76. The fraction of sp³-hybridized carbons (Fsp3) is 0.364. The lowest BCUT2D eigenvalue weighted by atomic mass is 10.0. The second-order valence-electron chi connectivity index (χ2n) is 4.02. The topological polar surface area (TPSA) is 79.3 Å². The molecule has 1 aromatic heterocycles. The van der Waals surface area contributed by atoms with E-state index in [4.69, 9.17) is 5.11 Å². The highest BCUT2D eigenvalue weighted by Gasteiger charge is 2.25. The largest absolute Gasteiger partial charge is 0.480 e. The molecule has 0 aromatic carbocycles. The molecular formula is C11H12Br2N2O3. The van der Waals surface area contributed by atoms with Crippen LogP contribution >= 0.6 is 31.9 Å². The number of aliphatic carboxylic acids is 1. The molecule has 2 N–H and O–H groups in total. The summed E-state index contributed by atoms with van der Waals surface area (Å²) in [5, 5.41) is 11.4. The quantitative estimate of drug-likeness (QED) is 0.842. The van der Waals surface area contributed by atoms with Crippen LogP contribution in [0.25, 0.3) is 0 Å². The Morgan fingerprint density at radius 2 is 2.00 bits per heavy atom. The summed E-state index contributed by atoms with van der Waals surface area (Å²) >= 11 is 6.44. The summed E-state index contributed by atoms with van der Waals surface area (Å²) < 4.78 is 1.23.